The lowest BCUT2D eigenvalue weighted by Crippen LogP contribution is -2.31. The molecule has 1 aliphatic rings. The number of benzene rings is 1. The Kier molecular flexibility index (Phi) is 3.21. The van der Waals surface area contributed by atoms with Crippen LogP contribution in [0.5, 0.6) is 0 Å². The van der Waals surface area contributed by atoms with Crippen molar-refractivity contribution in [2.45, 2.75) is 23.8 Å². The van der Waals surface area contributed by atoms with Gasteiger partial charge in [0, 0.05) is 13.2 Å². The van der Waals surface area contributed by atoms with Gasteiger partial charge in [0.15, 0.2) is 5.52 Å². The number of sulfonamides is 1. The third kappa shape index (κ3) is 2.46. The van der Waals surface area contributed by atoms with Gasteiger partial charge in [-0.15, -0.1) is 0 Å². The van der Waals surface area contributed by atoms with Crippen LogP contribution in [0.15, 0.2) is 27.7 Å². The van der Waals surface area contributed by atoms with Crippen LogP contribution in [0, 0.1) is 0 Å². The summed E-state index contributed by atoms with van der Waals surface area (Å²) in [7, 11) is -3.64. The van der Waals surface area contributed by atoms with Crippen LogP contribution < -0.4 is 4.72 Å². The molecule has 1 aliphatic heterocycles. The van der Waals surface area contributed by atoms with Gasteiger partial charge in [0.05, 0.1) is 6.10 Å². The molecule has 2 heterocycles. The van der Waals surface area contributed by atoms with Gasteiger partial charge in [0.25, 0.3) is 0 Å². The molecule has 1 saturated heterocycles. The molecule has 102 valence electrons. The standard InChI is InChI=1S/C11H13N3O4S/c15-19(16,12-7-8-3-2-6-17-8)10-5-1-4-9-11(10)14-18-13-9/h1,4-5,8,12H,2-3,6-7H2/t8-/m1/s1. The maximum absolute atomic E-state index is 12.2. The summed E-state index contributed by atoms with van der Waals surface area (Å²) < 4.78 is 36.9. The van der Waals surface area contributed by atoms with E-state index in [0.29, 0.717) is 12.1 Å². The Bertz CT molecular complexity index is 676. The Labute approximate surface area is 109 Å². The third-order valence-electron chi connectivity index (χ3n) is 3.06. The fourth-order valence-electron chi connectivity index (χ4n) is 2.08. The van der Waals surface area contributed by atoms with E-state index in [4.69, 9.17) is 4.74 Å². The maximum atomic E-state index is 12.2. The SMILES string of the molecule is O=S(=O)(NC[C@H]1CCCO1)c1cccc2nonc12. The number of hydrogen-bond donors (Lipinski definition) is 1. The van der Waals surface area contributed by atoms with E-state index in [1.807, 2.05) is 0 Å². The first-order valence-corrected chi connectivity index (χ1v) is 7.48. The first-order valence-electron chi connectivity index (χ1n) is 5.99. The number of hydrogen-bond acceptors (Lipinski definition) is 6. The Balaban J connectivity index is 1.84. The van der Waals surface area contributed by atoms with Gasteiger partial charge >= 0.3 is 0 Å². The van der Waals surface area contributed by atoms with Crippen molar-refractivity contribution in [1.29, 1.82) is 0 Å². The molecule has 1 N–H and O–H groups in total. The number of rotatable bonds is 4. The average Bonchev–Trinajstić information content (AvgIpc) is 3.06. The molecule has 8 heteroatoms. The van der Waals surface area contributed by atoms with Crippen molar-refractivity contribution in [3.8, 4) is 0 Å². The van der Waals surface area contributed by atoms with E-state index >= 15 is 0 Å². The van der Waals surface area contributed by atoms with E-state index in [2.05, 4.69) is 19.7 Å². The van der Waals surface area contributed by atoms with Gasteiger partial charge in [-0.3, -0.25) is 0 Å². The number of nitrogens with one attached hydrogen (secondary N) is 1. The molecule has 3 rings (SSSR count). The molecule has 19 heavy (non-hydrogen) atoms. The molecule has 1 aromatic heterocycles. The van der Waals surface area contributed by atoms with Gasteiger partial charge in [-0.25, -0.2) is 17.8 Å². The summed E-state index contributed by atoms with van der Waals surface area (Å²) in [5, 5.41) is 7.26. The summed E-state index contributed by atoms with van der Waals surface area (Å²) in [5.41, 5.74) is 0.655. The lowest BCUT2D eigenvalue weighted by Gasteiger charge is -2.11. The molecule has 0 aliphatic carbocycles. The summed E-state index contributed by atoms with van der Waals surface area (Å²) in [6.07, 6.45) is 1.79. The first kappa shape index (κ1) is 12.5. The molecule has 0 amide bonds. The molecular weight excluding hydrogens is 270 g/mol. The fraction of sp³-hybridized carbons (Fsp3) is 0.455. The molecule has 2 aromatic rings. The zero-order valence-corrected chi connectivity index (χ0v) is 10.9. The van der Waals surface area contributed by atoms with Crippen LogP contribution in [0.25, 0.3) is 11.0 Å². The zero-order chi connectivity index (χ0) is 13.3. The lowest BCUT2D eigenvalue weighted by molar-refractivity contribution is 0.114. The minimum Gasteiger partial charge on any atom is -0.377 e. The number of nitrogens with zero attached hydrogens (tertiary/aromatic N) is 2. The second kappa shape index (κ2) is 4.87. The van der Waals surface area contributed by atoms with Gasteiger partial charge in [-0.05, 0) is 35.3 Å². The Morgan fingerprint density at radius 1 is 1.37 bits per heavy atom. The Morgan fingerprint density at radius 2 is 2.26 bits per heavy atom. The molecule has 0 bridgehead atoms. The van der Waals surface area contributed by atoms with Crippen molar-refractivity contribution in [3.63, 3.8) is 0 Å². The minimum atomic E-state index is -3.64. The smallest absolute Gasteiger partial charge is 0.243 e. The largest absolute Gasteiger partial charge is 0.377 e. The molecule has 7 nitrogen and oxygen atoms in total. The van der Waals surface area contributed by atoms with Crippen LogP contribution in [0.4, 0.5) is 0 Å². The molecule has 1 atom stereocenters. The van der Waals surface area contributed by atoms with Crippen LogP contribution in [0.1, 0.15) is 12.8 Å². The van der Waals surface area contributed by atoms with Crippen molar-refractivity contribution >= 4 is 21.1 Å². The molecular formula is C11H13N3O4S. The summed E-state index contributed by atoms with van der Waals surface area (Å²) in [4.78, 5) is 0.0734. The highest BCUT2D eigenvalue weighted by molar-refractivity contribution is 7.89. The molecule has 0 saturated carbocycles. The number of aromatic nitrogens is 2. The van der Waals surface area contributed by atoms with E-state index in [-0.39, 0.29) is 23.1 Å². The Hall–Kier alpha value is -1.51. The third-order valence-corrected chi connectivity index (χ3v) is 4.52. The normalized spacial score (nSPS) is 20.1. The monoisotopic (exact) mass is 283 g/mol. The highest BCUT2D eigenvalue weighted by Gasteiger charge is 2.23. The molecule has 1 aromatic carbocycles. The highest BCUT2D eigenvalue weighted by Crippen LogP contribution is 2.20. The van der Waals surface area contributed by atoms with Crippen LogP contribution in [0.3, 0.4) is 0 Å². The van der Waals surface area contributed by atoms with Crippen molar-refractivity contribution in [3.05, 3.63) is 18.2 Å². The minimum absolute atomic E-state index is 0.0515. The van der Waals surface area contributed by atoms with Crippen LogP contribution >= 0.6 is 0 Å². The zero-order valence-electron chi connectivity index (χ0n) is 10.1. The summed E-state index contributed by atoms with van der Waals surface area (Å²) >= 11 is 0. The van der Waals surface area contributed by atoms with Gasteiger partial charge in [0.1, 0.15) is 10.4 Å². The van der Waals surface area contributed by atoms with Crippen molar-refractivity contribution in [1.82, 2.24) is 15.0 Å². The van der Waals surface area contributed by atoms with Gasteiger partial charge in [-0.1, -0.05) is 6.07 Å². The van der Waals surface area contributed by atoms with E-state index in [9.17, 15) is 8.42 Å². The van der Waals surface area contributed by atoms with E-state index < -0.39 is 10.0 Å². The molecule has 0 radical (unpaired) electrons. The van der Waals surface area contributed by atoms with E-state index in [0.717, 1.165) is 12.8 Å². The second-order valence-corrected chi connectivity index (χ2v) is 6.11. The second-order valence-electron chi connectivity index (χ2n) is 4.38. The lowest BCUT2D eigenvalue weighted by atomic mass is 10.2. The van der Waals surface area contributed by atoms with Crippen molar-refractivity contribution in [2.75, 3.05) is 13.2 Å². The van der Waals surface area contributed by atoms with Crippen molar-refractivity contribution < 1.29 is 17.8 Å². The van der Waals surface area contributed by atoms with Gasteiger partial charge in [-0.2, -0.15) is 0 Å². The van der Waals surface area contributed by atoms with Crippen molar-refractivity contribution in [2.24, 2.45) is 0 Å². The summed E-state index contributed by atoms with van der Waals surface area (Å²) in [5.74, 6) is 0. The number of fused-ring (bicyclic) bond motifs is 1. The van der Waals surface area contributed by atoms with E-state index in [1.54, 1.807) is 12.1 Å². The topological polar surface area (TPSA) is 94.3 Å². The molecule has 0 unspecified atom stereocenters. The summed E-state index contributed by atoms with van der Waals surface area (Å²) in [6, 6.07) is 4.72. The average molecular weight is 283 g/mol. The quantitative estimate of drug-likeness (QED) is 0.886. The molecule has 0 spiro atoms. The summed E-state index contributed by atoms with van der Waals surface area (Å²) in [6.45, 7) is 0.958. The van der Waals surface area contributed by atoms with E-state index in [1.165, 1.54) is 6.07 Å². The van der Waals surface area contributed by atoms with Crippen LogP contribution in [-0.4, -0.2) is 38.0 Å². The van der Waals surface area contributed by atoms with Gasteiger partial charge in [0.2, 0.25) is 10.0 Å². The predicted molar refractivity (Wildman–Crippen MR) is 66.0 cm³/mol. The highest BCUT2D eigenvalue weighted by atomic mass is 32.2. The van der Waals surface area contributed by atoms with Crippen LogP contribution in [-0.2, 0) is 14.8 Å². The maximum Gasteiger partial charge on any atom is 0.243 e. The fourth-order valence-corrected chi connectivity index (χ4v) is 3.30. The first-order chi connectivity index (χ1) is 9.17. The molecule has 1 fully saturated rings. The Morgan fingerprint density at radius 3 is 3.05 bits per heavy atom. The number of ether oxygens (including phenoxy) is 1. The predicted octanol–water partition coefficient (Wildman–Crippen LogP) is 0.680. The van der Waals surface area contributed by atoms with Gasteiger partial charge < -0.3 is 4.74 Å². The van der Waals surface area contributed by atoms with Crippen LogP contribution in [0.2, 0.25) is 0 Å².